The van der Waals surface area contributed by atoms with E-state index in [0.717, 1.165) is 12.5 Å². The number of esters is 1. The van der Waals surface area contributed by atoms with Crippen molar-refractivity contribution in [3.8, 4) is 0 Å². The van der Waals surface area contributed by atoms with Crippen molar-refractivity contribution < 1.29 is 28.2 Å². The van der Waals surface area contributed by atoms with E-state index in [1.165, 1.54) is 17.4 Å². The molecule has 2 aromatic rings. The number of halogens is 3. The van der Waals surface area contributed by atoms with Gasteiger partial charge in [-0.1, -0.05) is 19.3 Å². The highest BCUT2D eigenvalue weighted by molar-refractivity contribution is 9.10. The second kappa shape index (κ2) is 9.69. The fourth-order valence-electron chi connectivity index (χ4n) is 5.31. The van der Waals surface area contributed by atoms with Crippen molar-refractivity contribution in [2.75, 3.05) is 13.2 Å². The van der Waals surface area contributed by atoms with Gasteiger partial charge in [-0.15, -0.1) is 11.3 Å². The largest absolute Gasteiger partial charge is 0.481 e. The van der Waals surface area contributed by atoms with Crippen LogP contribution in [-0.4, -0.2) is 41.0 Å². The number of hydrogen-bond acceptors (Lipinski definition) is 7. The van der Waals surface area contributed by atoms with Gasteiger partial charge in [0.25, 0.3) is 0 Å². The number of nitrogens with zero attached hydrogens (tertiary/aromatic N) is 2. The van der Waals surface area contributed by atoms with Gasteiger partial charge in [0.05, 0.1) is 28.6 Å². The van der Waals surface area contributed by atoms with Crippen LogP contribution in [0.2, 0.25) is 0 Å². The van der Waals surface area contributed by atoms with Crippen molar-refractivity contribution in [2.24, 2.45) is 16.3 Å². The normalized spacial score (nSPS) is 24.1. The first-order valence-electron chi connectivity index (χ1n) is 11.0. The number of amidine groups is 1. The highest BCUT2D eigenvalue weighted by Crippen LogP contribution is 2.56. The van der Waals surface area contributed by atoms with Crippen LogP contribution >= 0.6 is 27.3 Å². The van der Waals surface area contributed by atoms with Crippen molar-refractivity contribution >= 4 is 45.0 Å². The molecule has 0 saturated heterocycles. The predicted molar refractivity (Wildman–Crippen MR) is 126 cm³/mol. The molecule has 4 rings (SSSR count). The van der Waals surface area contributed by atoms with Crippen molar-refractivity contribution in [1.29, 1.82) is 0 Å². The molecule has 7 nitrogen and oxygen atoms in total. The van der Waals surface area contributed by atoms with Gasteiger partial charge in [0.15, 0.2) is 22.5 Å². The first-order chi connectivity index (χ1) is 16.3. The number of carbonyl (C=O) groups excluding carboxylic acids is 1. The molecule has 11 heteroatoms. The molecule has 2 heterocycles. The van der Waals surface area contributed by atoms with Crippen LogP contribution in [0.5, 0.6) is 0 Å². The highest BCUT2D eigenvalue weighted by Gasteiger charge is 2.65. The molecule has 2 aliphatic rings. The van der Waals surface area contributed by atoms with Gasteiger partial charge in [-0.25, -0.2) is 13.8 Å². The molecule has 1 saturated carbocycles. The van der Waals surface area contributed by atoms with E-state index in [1.54, 1.807) is 18.5 Å². The highest BCUT2D eigenvalue weighted by atomic mass is 79.9. The summed E-state index contributed by atoms with van der Waals surface area (Å²) in [5, 5.41) is 16.2. The smallest absolute Gasteiger partial charge is 0.313 e. The minimum Gasteiger partial charge on any atom is -0.481 e. The second-order valence-corrected chi connectivity index (χ2v) is 10.2. The summed E-state index contributed by atoms with van der Waals surface area (Å²) < 4.78 is 34.2. The van der Waals surface area contributed by atoms with Gasteiger partial charge in [-0.3, -0.25) is 14.6 Å². The van der Waals surface area contributed by atoms with Crippen LogP contribution in [0.25, 0.3) is 0 Å². The summed E-state index contributed by atoms with van der Waals surface area (Å²) >= 11 is 4.36. The SMILES string of the molecule is CCOC(=O)C1CN=C(c2nccs2)NC1(c1cc(F)c(F)c(Br)c1)C1(C(=O)O)CCCCC1. The van der Waals surface area contributed by atoms with E-state index in [4.69, 9.17) is 4.74 Å². The zero-order chi connectivity index (χ0) is 24.5. The molecule has 182 valence electrons. The van der Waals surface area contributed by atoms with E-state index >= 15 is 0 Å². The van der Waals surface area contributed by atoms with Gasteiger partial charge in [0.1, 0.15) is 5.92 Å². The molecule has 1 aromatic carbocycles. The van der Waals surface area contributed by atoms with Crippen molar-refractivity contribution in [2.45, 2.75) is 44.6 Å². The van der Waals surface area contributed by atoms with E-state index in [-0.39, 0.29) is 36.0 Å². The number of nitrogens with one attached hydrogen (secondary N) is 1. The fraction of sp³-hybridized carbons (Fsp3) is 0.478. The number of carboxylic acids is 1. The number of thiazole rings is 1. The number of aliphatic imine (C=N–C) groups is 1. The molecule has 2 atom stereocenters. The molecule has 0 amide bonds. The summed E-state index contributed by atoms with van der Waals surface area (Å²) in [4.78, 5) is 35.2. The van der Waals surface area contributed by atoms with Crippen LogP contribution in [0.15, 0.2) is 33.2 Å². The molecule has 1 aliphatic heterocycles. The van der Waals surface area contributed by atoms with Gasteiger partial charge >= 0.3 is 11.9 Å². The summed E-state index contributed by atoms with van der Waals surface area (Å²) in [5.74, 6) is -4.80. The predicted octanol–water partition coefficient (Wildman–Crippen LogP) is 4.64. The van der Waals surface area contributed by atoms with Crippen molar-refractivity contribution in [1.82, 2.24) is 10.3 Å². The van der Waals surface area contributed by atoms with Crippen LogP contribution in [0.4, 0.5) is 8.78 Å². The van der Waals surface area contributed by atoms with Crippen LogP contribution < -0.4 is 5.32 Å². The Hall–Kier alpha value is -2.40. The molecule has 34 heavy (non-hydrogen) atoms. The average Bonchev–Trinajstić information content (AvgIpc) is 3.37. The van der Waals surface area contributed by atoms with Crippen LogP contribution in [0.1, 0.15) is 49.6 Å². The fourth-order valence-corrected chi connectivity index (χ4v) is 6.34. The first kappa shape index (κ1) is 24.7. The monoisotopic (exact) mass is 555 g/mol. The van der Waals surface area contributed by atoms with E-state index in [2.05, 4.69) is 31.2 Å². The molecule has 1 fully saturated rings. The Labute approximate surface area is 207 Å². The Kier molecular flexibility index (Phi) is 7.04. The Morgan fingerprint density at radius 2 is 2.03 bits per heavy atom. The number of ether oxygens (including phenoxy) is 1. The lowest BCUT2D eigenvalue weighted by atomic mass is 9.54. The summed E-state index contributed by atoms with van der Waals surface area (Å²) in [6, 6.07) is 2.32. The summed E-state index contributed by atoms with van der Waals surface area (Å²) in [6.07, 6.45) is 4.13. The summed E-state index contributed by atoms with van der Waals surface area (Å²) in [6.45, 7) is 1.64. The lowest BCUT2D eigenvalue weighted by molar-refractivity contribution is -0.168. The van der Waals surface area contributed by atoms with Crippen molar-refractivity contribution in [3.63, 3.8) is 0 Å². The van der Waals surface area contributed by atoms with Crippen LogP contribution in [0, 0.1) is 23.0 Å². The second-order valence-electron chi connectivity index (χ2n) is 8.47. The molecule has 1 aliphatic carbocycles. The minimum atomic E-state index is -1.66. The molecule has 0 bridgehead atoms. The van der Waals surface area contributed by atoms with Gasteiger partial charge in [-0.2, -0.15) is 0 Å². The number of carbonyl (C=O) groups is 2. The number of aliphatic carboxylic acids is 1. The third kappa shape index (κ3) is 3.92. The Morgan fingerprint density at radius 3 is 2.62 bits per heavy atom. The van der Waals surface area contributed by atoms with Gasteiger partial charge in [0, 0.05) is 11.6 Å². The number of aromatic nitrogens is 1. The first-order valence-corrected chi connectivity index (χ1v) is 12.7. The van der Waals surface area contributed by atoms with Crippen LogP contribution in [0.3, 0.4) is 0 Å². The number of benzene rings is 1. The Balaban J connectivity index is 2.05. The van der Waals surface area contributed by atoms with E-state index in [0.29, 0.717) is 23.7 Å². The lowest BCUT2D eigenvalue weighted by Gasteiger charge is -2.55. The third-order valence-corrected chi connectivity index (χ3v) is 8.14. The Bertz CT molecular complexity index is 1100. The maximum Gasteiger partial charge on any atom is 0.313 e. The standard InChI is InChI=1S/C23H24BrF2N3O4S/c1-2-33-20(30)14-12-28-18(19-27-8-9-34-19)29-23(14,13-10-15(24)17(26)16(25)11-13)22(21(31)32)6-4-3-5-7-22/h8-11,14H,2-7,12H2,1H3,(H,28,29)(H,31,32). The molecule has 1 aromatic heterocycles. The quantitative estimate of drug-likeness (QED) is 0.397. The third-order valence-electron chi connectivity index (χ3n) is 6.79. The van der Waals surface area contributed by atoms with Gasteiger partial charge in [-0.05, 0) is 53.4 Å². The van der Waals surface area contributed by atoms with Crippen molar-refractivity contribution in [3.05, 3.63) is 50.4 Å². The average molecular weight is 556 g/mol. The zero-order valence-electron chi connectivity index (χ0n) is 18.4. The molecule has 0 spiro atoms. The summed E-state index contributed by atoms with van der Waals surface area (Å²) in [5.41, 5.74) is -3.03. The topological polar surface area (TPSA) is 101 Å². The van der Waals surface area contributed by atoms with Crippen LogP contribution in [-0.2, 0) is 19.9 Å². The molecular weight excluding hydrogens is 532 g/mol. The molecule has 0 radical (unpaired) electrons. The Morgan fingerprint density at radius 1 is 1.29 bits per heavy atom. The number of hydrogen-bond donors (Lipinski definition) is 2. The van der Waals surface area contributed by atoms with E-state index in [1.807, 2.05) is 0 Å². The maximum absolute atomic E-state index is 14.8. The number of carboxylic acid groups (broad SMARTS) is 1. The van der Waals surface area contributed by atoms with Gasteiger partial charge in [0.2, 0.25) is 0 Å². The molecule has 2 N–H and O–H groups in total. The maximum atomic E-state index is 14.8. The van der Waals surface area contributed by atoms with Gasteiger partial charge < -0.3 is 15.2 Å². The molecular formula is C23H24BrF2N3O4S. The van der Waals surface area contributed by atoms with E-state index in [9.17, 15) is 23.5 Å². The molecule has 2 unspecified atom stereocenters. The lowest BCUT2D eigenvalue weighted by Crippen LogP contribution is -2.69. The minimum absolute atomic E-state index is 0.0794. The number of rotatable bonds is 6. The zero-order valence-corrected chi connectivity index (χ0v) is 20.8. The summed E-state index contributed by atoms with van der Waals surface area (Å²) in [7, 11) is 0. The van der Waals surface area contributed by atoms with E-state index < -0.39 is 40.4 Å².